The zero-order valence-corrected chi connectivity index (χ0v) is 17.7. The van der Waals surface area contributed by atoms with E-state index in [0.29, 0.717) is 32.0 Å². The molecular formula is C25H26FN3O3. The minimum absolute atomic E-state index is 0.0555. The SMILES string of the molecule is O=C(NCc1ccncc1)N1CCC(Oc2ccc(OCc3cccc(F)c3)cc2)CC1. The van der Waals surface area contributed by atoms with Crippen molar-refractivity contribution in [3.05, 3.63) is 90.0 Å². The number of nitrogens with one attached hydrogen (secondary N) is 1. The third kappa shape index (κ3) is 6.20. The summed E-state index contributed by atoms with van der Waals surface area (Å²) in [6.07, 6.45) is 5.06. The molecular weight excluding hydrogens is 409 g/mol. The van der Waals surface area contributed by atoms with E-state index < -0.39 is 0 Å². The number of hydrogen-bond acceptors (Lipinski definition) is 4. The van der Waals surface area contributed by atoms with Crippen LogP contribution in [0.1, 0.15) is 24.0 Å². The first kappa shape index (κ1) is 21.6. The number of hydrogen-bond donors (Lipinski definition) is 1. The molecule has 2 heterocycles. The molecule has 1 N–H and O–H groups in total. The number of pyridine rings is 1. The van der Waals surface area contributed by atoms with Gasteiger partial charge in [0, 0.05) is 44.9 Å². The van der Waals surface area contributed by atoms with E-state index in [9.17, 15) is 9.18 Å². The Hall–Kier alpha value is -3.61. The summed E-state index contributed by atoms with van der Waals surface area (Å²) in [5.74, 6) is 1.19. The fraction of sp³-hybridized carbons (Fsp3) is 0.280. The Morgan fingerprint density at radius 1 is 1.00 bits per heavy atom. The molecule has 1 aromatic heterocycles. The maximum atomic E-state index is 13.2. The smallest absolute Gasteiger partial charge is 0.317 e. The zero-order valence-electron chi connectivity index (χ0n) is 17.7. The van der Waals surface area contributed by atoms with Crippen LogP contribution >= 0.6 is 0 Å². The monoisotopic (exact) mass is 435 g/mol. The lowest BCUT2D eigenvalue weighted by Crippen LogP contribution is -2.46. The Morgan fingerprint density at radius 2 is 1.72 bits per heavy atom. The van der Waals surface area contributed by atoms with Gasteiger partial charge in [0.05, 0.1) is 0 Å². The van der Waals surface area contributed by atoms with Crippen molar-refractivity contribution in [3.63, 3.8) is 0 Å². The van der Waals surface area contributed by atoms with Crippen LogP contribution in [0.25, 0.3) is 0 Å². The minimum Gasteiger partial charge on any atom is -0.490 e. The highest BCUT2D eigenvalue weighted by Crippen LogP contribution is 2.23. The van der Waals surface area contributed by atoms with Gasteiger partial charge in [-0.25, -0.2) is 9.18 Å². The lowest BCUT2D eigenvalue weighted by molar-refractivity contribution is 0.111. The number of likely N-dealkylation sites (tertiary alicyclic amines) is 1. The summed E-state index contributed by atoms with van der Waals surface area (Å²) < 4.78 is 25.0. The van der Waals surface area contributed by atoms with E-state index in [0.717, 1.165) is 29.7 Å². The van der Waals surface area contributed by atoms with Crippen LogP contribution in [0.3, 0.4) is 0 Å². The van der Waals surface area contributed by atoms with Crippen molar-refractivity contribution in [1.29, 1.82) is 0 Å². The number of urea groups is 1. The molecule has 4 rings (SSSR count). The second-order valence-corrected chi connectivity index (χ2v) is 7.71. The molecule has 0 unspecified atom stereocenters. The van der Waals surface area contributed by atoms with Crippen LogP contribution < -0.4 is 14.8 Å². The van der Waals surface area contributed by atoms with Gasteiger partial charge in [0.1, 0.15) is 30.0 Å². The number of piperidine rings is 1. The number of rotatable bonds is 7. The third-order valence-corrected chi connectivity index (χ3v) is 5.34. The predicted molar refractivity (Wildman–Crippen MR) is 119 cm³/mol. The first-order valence-electron chi connectivity index (χ1n) is 10.7. The molecule has 1 aliphatic rings. The molecule has 6 nitrogen and oxygen atoms in total. The molecule has 0 aliphatic carbocycles. The molecule has 0 bridgehead atoms. The van der Waals surface area contributed by atoms with Crippen LogP contribution in [0.2, 0.25) is 0 Å². The normalized spacial score (nSPS) is 14.1. The van der Waals surface area contributed by atoms with Crippen LogP contribution in [0, 0.1) is 5.82 Å². The molecule has 3 aromatic rings. The van der Waals surface area contributed by atoms with Gasteiger partial charge >= 0.3 is 6.03 Å². The Morgan fingerprint density at radius 3 is 2.44 bits per heavy atom. The highest BCUT2D eigenvalue weighted by molar-refractivity contribution is 5.74. The molecule has 2 amide bonds. The number of halogens is 1. The molecule has 2 aromatic carbocycles. The van der Waals surface area contributed by atoms with E-state index in [1.165, 1.54) is 12.1 Å². The first-order valence-corrected chi connectivity index (χ1v) is 10.7. The number of carbonyl (C=O) groups excluding carboxylic acids is 1. The largest absolute Gasteiger partial charge is 0.490 e. The highest BCUT2D eigenvalue weighted by atomic mass is 19.1. The number of benzene rings is 2. The van der Waals surface area contributed by atoms with Gasteiger partial charge in [-0.2, -0.15) is 0 Å². The second-order valence-electron chi connectivity index (χ2n) is 7.71. The Kier molecular flexibility index (Phi) is 7.17. The van der Waals surface area contributed by atoms with Crippen molar-refractivity contribution in [2.24, 2.45) is 0 Å². The van der Waals surface area contributed by atoms with E-state index in [4.69, 9.17) is 9.47 Å². The van der Waals surface area contributed by atoms with Gasteiger partial charge in [0.25, 0.3) is 0 Å². The van der Waals surface area contributed by atoms with Gasteiger partial charge < -0.3 is 19.7 Å². The standard InChI is InChI=1S/C25H26FN3O3/c26-21-3-1-2-20(16-21)18-31-22-4-6-23(7-5-22)32-24-10-14-29(15-11-24)25(30)28-17-19-8-12-27-13-9-19/h1-9,12-13,16,24H,10-11,14-15,17-18H2,(H,28,30). The van der Waals surface area contributed by atoms with Gasteiger partial charge in [-0.3, -0.25) is 4.98 Å². The van der Waals surface area contributed by atoms with Crippen molar-refractivity contribution < 1.29 is 18.7 Å². The summed E-state index contributed by atoms with van der Waals surface area (Å²) in [5, 5.41) is 2.95. The molecule has 0 atom stereocenters. The lowest BCUT2D eigenvalue weighted by atomic mass is 10.1. The molecule has 1 aliphatic heterocycles. The van der Waals surface area contributed by atoms with Gasteiger partial charge in [-0.05, 0) is 59.7 Å². The average molecular weight is 435 g/mol. The summed E-state index contributed by atoms with van der Waals surface area (Å²) in [6, 6.07) is 17.5. The van der Waals surface area contributed by atoms with E-state index >= 15 is 0 Å². The van der Waals surface area contributed by atoms with Gasteiger partial charge in [-0.15, -0.1) is 0 Å². The molecule has 0 radical (unpaired) electrons. The van der Waals surface area contributed by atoms with Crippen molar-refractivity contribution >= 4 is 6.03 Å². The van der Waals surface area contributed by atoms with Crippen LogP contribution in [0.4, 0.5) is 9.18 Å². The molecule has 7 heteroatoms. The highest BCUT2D eigenvalue weighted by Gasteiger charge is 2.23. The number of carbonyl (C=O) groups is 1. The Labute approximate surface area is 187 Å². The number of ether oxygens (including phenoxy) is 2. The maximum Gasteiger partial charge on any atom is 0.317 e. The predicted octanol–water partition coefficient (Wildman–Crippen LogP) is 4.55. The van der Waals surface area contributed by atoms with Crippen LogP contribution in [-0.2, 0) is 13.2 Å². The first-order chi connectivity index (χ1) is 15.7. The second kappa shape index (κ2) is 10.6. The number of nitrogens with zero attached hydrogens (tertiary/aromatic N) is 2. The van der Waals surface area contributed by atoms with E-state index in [1.807, 2.05) is 47.4 Å². The van der Waals surface area contributed by atoms with Crippen molar-refractivity contribution in [2.75, 3.05) is 13.1 Å². The van der Waals surface area contributed by atoms with Crippen molar-refractivity contribution in [3.8, 4) is 11.5 Å². The molecule has 1 fully saturated rings. The molecule has 0 spiro atoms. The van der Waals surface area contributed by atoms with Crippen molar-refractivity contribution in [1.82, 2.24) is 15.2 Å². The Bertz CT molecular complexity index is 1010. The summed E-state index contributed by atoms with van der Waals surface area (Å²) in [7, 11) is 0. The fourth-order valence-electron chi connectivity index (χ4n) is 3.57. The van der Waals surface area contributed by atoms with Gasteiger partial charge in [0.2, 0.25) is 0 Å². The number of aromatic nitrogens is 1. The van der Waals surface area contributed by atoms with Gasteiger partial charge in [-0.1, -0.05) is 12.1 Å². The number of amides is 2. The van der Waals surface area contributed by atoms with E-state index in [-0.39, 0.29) is 18.0 Å². The van der Waals surface area contributed by atoms with E-state index in [1.54, 1.807) is 18.5 Å². The summed E-state index contributed by atoms with van der Waals surface area (Å²) in [6.45, 7) is 2.11. The lowest BCUT2D eigenvalue weighted by Gasteiger charge is -2.32. The summed E-state index contributed by atoms with van der Waals surface area (Å²) >= 11 is 0. The molecule has 1 saturated heterocycles. The van der Waals surface area contributed by atoms with E-state index in [2.05, 4.69) is 10.3 Å². The molecule has 32 heavy (non-hydrogen) atoms. The molecule has 0 saturated carbocycles. The topological polar surface area (TPSA) is 63.7 Å². The minimum atomic E-state index is -0.271. The summed E-state index contributed by atoms with van der Waals surface area (Å²) in [4.78, 5) is 18.2. The fourth-order valence-corrected chi connectivity index (χ4v) is 3.57. The molecule has 166 valence electrons. The average Bonchev–Trinajstić information content (AvgIpc) is 2.83. The summed E-state index contributed by atoms with van der Waals surface area (Å²) in [5.41, 5.74) is 1.80. The van der Waals surface area contributed by atoms with Crippen LogP contribution in [0.15, 0.2) is 73.1 Å². The Balaban J connectivity index is 1.19. The quantitative estimate of drug-likeness (QED) is 0.591. The van der Waals surface area contributed by atoms with Crippen LogP contribution in [0.5, 0.6) is 11.5 Å². The third-order valence-electron chi connectivity index (χ3n) is 5.34. The van der Waals surface area contributed by atoms with Crippen molar-refractivity contribution in [2.45, 2.75) is 32.1 Å². The maximum absolute atomic E-state index is 13.2. The zero-order chi connectivity index (χ0) is 22.2. The van der Waals surface area contributed by atoms with Crippen LogP contribution in [-0.4, -0.2) is 35.1 Å². The van der Waals surface area contributed by atoms with Gasteiger partial charge in [0.15, 0.2) is 0 Å².